The van der Waals surface area contributed by atoms with Crippen molar-refractivity contribution in [2.45, 2.75) is 43.9 Å². The molecule has 3 nitrogen and oxygen atoms in total. The van der Waals surface area contributed by atoms with Crippen molar-refractivity contribution >= 4 is 16.6 Å². The Balaban J connectivity index is 1.81. The molecule has 3 atom stereocenters. The predicted molar refractivity (Wildman–Crippen MR) is 85.8 cm³/mol. The standard InChI is InChI=1S/C18H19F3N2O/c19-18(20,21)15-3-1-2-14-16(6-7-22-17(14)15)23-12-4-5-13(23)9-11(8-12)10-24/h1-3,6-7,11-13,24H,4-5,8-10H2/t11?,12-,13+. The second-order valence-electron chi connectivity index (χ2n) is 6.84. The van der Waals surface area contributed by atoms with Crippen LogP contribution in [0.15, 0.2) is 30.5 Å². The average Bonchev–Trinajstić information content (AvgIpc) is 2.82. The fourth-order valence-electron chi connectivity index (χ4n) is 4.45. The molecule has 2 saturated heterocycles. The Bertz CT molecular complexity index is 748. The third-order valence-electron chi connectivity index (χ3n) is 5.42. The van der Waals surface area contributed by atoms with Crippen LogP contribution >= 0.6 is 0 Å². The maximum absolute atomic E-state index is 13.3. The number of nitrogens with zero attached hydrogens (tertiary/aromatic N) is 2. The first kappa shape index (κ1) is 15.7. The lowest BCUT2D eigenvalue weighted by atomic mass is 9.90. The van der Waals surface area contributed by atoms with E-state index in [0.29, 0.717) is 23.4 Å². The first-order valence-corrected chi connectivity index (χ1v) is 8.33. The number of fused-ring (bicyclic) bond motifs is 3. The molecule has 1 N–H and O–H groups in total. The number of halogens is 3. The number of pyridine rings is 1. The summed E-state index contributed by atoms with van der Waals surface area (Å²) in [4.78, 5) is 6.29. The number of aliphatic hydroxyl groups excluding tert-OH is 1. The number of hydrogen-bond acceptors (Lipinski definition) is 3. The van der Waals surface area contributed by atoms with Crippen LogP contribution in [0.5, 0.6) is 0 Å². The van der Waals surface area contributed by atoms with Gasteiger partial charge in [-0.1, -0.05) is 12.1 Å². The van der Waals surface area contributed by atoms with E-state index in [1.165, 1.54) is 12.3 Å². The van der Waals surface area contributed by atoms with Crippen molar-refractivity contribution in [1.82, 2.24) is 4.98 Å². The molecule has 0 aliphatic carbocycles. The predicted octanol–water partition coefficient (Wildman–Crippen LogP) is 3.99. The van der Waals surface area contributed by atoms with E-state index in [4.69, 9.17) is 0 Å². The first-order valence-electron chi connectivity index (χ1n) is 8.33. The summed E-state index contributed by atoms with van der Waals surface area (Å²) >= 11 is 0. The number of benzene rings is 1. The van der Waals surface area contributed by atoms with Crippen molar-refractivity contribution in [1.29, 1.82) is 0 Å². The van der Waals surface area contributed by atoms with Crippen molar-refractivity contribution < 1.29 is 18.3 Å². The number of aliphatic hydroxyl groups is 1. The zero-order valence-corrected chi connectivity index (χ0v) is 13.1. The molecule has 1 aromatic heterocycles. The third kappa shape index (κ3) is 2.44. The van der Waals surface area contributed by atoms with E-state index in [1.807, 2.05) is 6.07 Å². The van der Waals surface area contributed by atoms with Gasteiger partial charge in [-0.05, 0) is 43.7 Å². The highest BCUT2D eigenvalue weighted by atomic mass is 19.4. The van der Waals surface area contributed by atoms with Gasteiger partial charge in [0.15, 0.2) is 0 Å². The van der Waals surface area contributed by atoms with Crippen molar-refractivity contribution in [3.05, 3.63) is 36.0 Å². The number of anilines is 1. The van der Waals surface area contributed by atoms with Crippen LogP contribution in [0, 0.1) is 5.92 Å². The zero-order chi connectivity index (χ0) is 16.9. The zero-order valence-electron chi connectivity index (χ0n) is 13.1. The average molecular weight is 336 g/mol. The van der Waals surface area contributed by atoms with Crippen LogP contribution in [0.4, 0.5) is 18.9 Å². The molecule has 6 heteroatoms. The van der Waals surface area contributed by atoms with Gasteiger partial charge < -0.3 is 10.0 Å². The molecule has 24 heavy (non-hydrogen) atoms. The molecule has 4 rings (SSSR count). The maximum Gasteiger partial charge on any atom is 0.418 e. The van der Waals surface area contributed by atoms with Crippen LogP contribution < -0.4 is 4.90 Å². The van der Waals surface area contributed by atoms with Gasteiger partial charge in [-0.15, -0.1) is 0 Å². The lowest BCUT2D eigenvalue weighted by Gasteiger charge is -2.40. The molecule has 2 aromatic rings. The normalized spacial score (nSPS) is 27.0. The van der Waals surface area contributed by atoms with E-state index in [2.05, 4.69) is 9.88 Å². The van der Waals surface area contributed by atoms with Crippen molar-refractivity contribution in [3.8, 4) is 0 Å². The Kier molecular flexibility index (Phi) is 3.67. The summed E-state index contributed by atoms with van der Waals surface area (Å²) in [6, 6.07) is 6.68. The molecule has 2 aliphatic rings. The number of rotatable bonds is 2. The lowest BCUT2D eigenvalue weighted by molar-refractivity contribution is -0.136. The van der Waals surface area contributed by atoms with E-state index in [-0.39, 0.29) is 12.1 Å². The Hall–Kier alpha value is -1.82. The molecule has 0 saturated carbocycles. The minimum absolute atomic E-state index is 0.0196. The molecular formula is C18H19F3N2O. The van der Waals surface area contributed by atoms with Gasteiger partial charge in [-0.3, -0.25) is 4.98 Å². The fraction of sp³-hybridized carbons (Fsp3) is 0.500. The number of hydrogen-bond donors (Lipinski definition) is 1. The summed E-state index contributed by atoms with van der Waals surface area (Å²) < 4.78 is 39.8. The lowest BCUT2D eigenvalue weighted by Crippen LogP contribution is -2.43. The largest absolute Gasteiger partial charge is 0.418 e. The summed E-state index contributed by atoms with van der Waals surface area (Å²) in [5, 5.41) is 10.0. The number of aromatic nitrogens is 1. The fourth-order valence-corrected chi connectivity index (χ4v) is 4.45. The molecule has 0 spiro atoms. The summed E-state index contributed by atoms with van der Waals surface area (Å²) in [5.74, 6) is 0.303. The van der Waals surface area contributed by atoms with Gasteiger partial charge >= 0.3 is 6.18 Å². The van der Waals surface area contributed by atoms with Crippen molar-refractivity contribution in [3.63, 3.8) is 0 Å². The Morgan fingerprint density at radius 1 is 1.12 bits per heavy atom. The Labute approximate surface area is 138 Å². The van der Waals surface area contributed by atoms with Crippen molar-refractivity contribution in [2.75, 3.05) is 11.5 Å². The van der Waals surface area contributed by atoms with Crippen LogP contribution in [-0.4, -0.2) is 28.8 Å². The van der Waals surface area contributed by atoms with E-state index in [9.17, 15) is 18.3 Å². The second kappa shape index (κ2) is 5.62. The van der Waals surface area contributed by atoms with Gasteiger partial charge in [0, 0.05) is 36.0 Å². The quantitative estimate of drug-likeness (QED) is 0.901. The summed E-state index contributed by atoms with van der Waals surface area (Å²) in [6.07, 6.45) is 0.928. The van der Waals surface area contributed by atoms with Crippen LogP contribution in [-0.2, 0) is 6.18 Å². The van der Waals surface area contributed by atoms with Gasteiger partial charge in [0.2, 0.25) is 0 Å². The SMILES string of the molecule is OCC1C[C@H]2CC[C@@H](C1)N2c1ccnc2c(C(F)(F)F)cccc12. The minimum atomic E-state index is -4.41. The monoisotopic (exact) mass is 336 g/mol. The van der Waals surface area contributed by atoms with Crippen LogP contribution in [0.25, 0.3) is 10.9 Å². The maximum atomic E-state index is 13.3. The first-order chi connectivity index (χ1) is 11.5. The highest BCUT2D eigenvalue weighted by Gasteiger charge is 2.41. The molecule has 0 amide bonds. The molecule has 2 bridgehead atoms. The molecule has 0 radical (unpaired) electrons. The van der Waals surface area contributed by atoms with Crippen molar-refractivity contribution in [2.24, 2.45) is 5.92 Å². The van der Waals surface area contributed by atoms with Crippen LogP contribution in [0.3, 0.4) is 0 Å². The molecule has 3 heterocycles. The summed E-state index contributed by atoms with van der Waals surface area (Å²) in [5.41, 5.74) is 0.181. The van der Waals surface area contributed by atoms with E-state index >= 15 is 0 Å². The molecule has 2 fully saturated rings. The van der Waals surface area contributed by atoms with Gasteiger partial charge in [0.05, 0.1) is 11.1 Å². The molecular weight excluding hydrogens is 317 g/mol. The molecule has 2 aliphatic heterocycles. The van der Waals surface area contributed by atoms with Gasteiger partial charge in [0.25, 0.3) is 0 Å². The van der Waals surface area contributed by atoms with E-state index < -0.39 is 11.7 Å². The van der Waals surface area contributed by atoms with Crippen LogP contribution in [0.2, 0.25) is 0 Å². The van der Waals surface area contributed by atoms with Gasteiger partial charge in [0.1, 0.15) is 0 Å². The second-order valence-corrected chi connectivity index (χ2v) is 6.84. The number of alkyl halides is 3. The molecule has 1 aromatic carbocycles. The van der Waals surface area contributed by atoms with Gasteiger partial charge in [-0.2, -0.15) is 13.2 Å². The Morgan fingerprint density at radius 2 is 1.83 bits per heavy atom. The summed E-state index contributed by atoms with van der Waals surface area (Å²) in [7, 11) is 0. The van der Waals surface area contributed by atoms with E-state index in [1.54, 1.807) is 6.07 Å². The number of para-hydroxylation sites is 1. The molecule has 128 valence electrons. The summed E-state index contributed by atoms with van der Waals surface area (Å²) in [6.45, 7) is 0.191. The topological polar surface area (TPSA) is 36.4 Å². The number of piperidine rings is 1. The third-order valence-corrected chi connectivity index (χ3v) is 5.42. The minimum Gasteiger partial charge on any atom is -0.396 e. The smallest absolute Gasteiger partial charge is 0.396 e. The van der Waals surface area contributed by atoms with Gasteiger partial charge in [-0.25, -0.2) is 0 Å². The highest BCUT2D eigenvalue weighted by Crippen LogP contribution is 2.44. The highest BCUT2D eigenvalue weighted by molar-refractivity contribution is 5.94. The van der Waals surface area contributed by atoms with Crippen LogP contribution in [0.1, 0.15) is 31.2 Å². The van der Waals surface area contributed by atoms with E-state index in [0.717, 1.165) is 37.4 Å². The molecule has 1 unspecified atom stereocenters. The Morgan fingerprint density at radius 3 is 2.46 bits per heavy atom.